The number of rotatable bonds is 3. The van der Waals surface area contributed by atoms with Crippen LogP contribution in [0.25, 0.3) is 16.7 Å². The van der Waals surface area contributed by atoms with Gasteiger partial charge in [0.15, 0.2) is 5.82 Å². The molecule has 5 rings (SSSR count). The number of anilines is 2. The number of hydrogen-bond acceptors (Lipinski definition) is 6. The van der Waals surface area contributed by atoms with Gasteiger partial charge in [-0.15, -0.1) is 10.2 Å². The fourth-order valence-electron chi connectivity index (χ4n) is 3.89. The SMILES string of the molecule is COc1ccc(N2CCN(c3nc4ccccc4n4c(C)nnc34)CC2)cc1. The quantitative estimate of drug-likeness (QED) is 0.550. The minimum absolute atomic E-state index is 0.828. The molecular weight excluding hydrogens is 352 g/mol. The molecule has 4 aromatic rings. The minimum atomic E-state index is 0.828. The Hall–Kier alpha value is -3.35. The van der Waals surface area contributed by atoms with Crippen LogP contribution in [0.2, 0.25) is 0 Å². The van der Waals surface area contributed by atoms with E-state index in [0.717, 1.165) is 60.3 Å². The Morgan fingerprint density at radius 3 is 2.32 bits per heavy atom. The zero-order valence-corrected chi connectivity index (χ0v) is 16.0. The number of fused-ring (bicyclic) bond motifs is 3. The second-order valence-electron chi connectivity index (χ2n) is 7.00. The lowest BCUT2D eigenvalue weighted by molar-refractivity contribution is 0.415. The first kappa shape index (κ1) is 16.8. The molecule has 0 radical (unpaired) electrons. The fraction of sp³-hybridized carbons (Fsp3) is 0.286. The van der Waals surface area contributed by atoms with Gasteiger partial charge in [0.05, 0.1) is 18.1 Å². The summed E-state index contributed by atoms with van der Waals surface area (Å²) in [5.41, 5.74) is 4.05. The summed E-state index contributed by atoms with van der Waals surface area (Å²) in [6.07, 6.45) is 0. The van der Waals surface area contributed by atoms with E-state index in [1.54, 1.807) is 7.11 Å². The number of hydrogen-bond donors (Lipinski definition) is 0. The standard InChI is InChI=1S/C21H22N6O/c1-15-23-24-21-20(22-18-5-3-4-6-19(18)27(15)21)26-13-11-25(12-14-26)16-7-9-17(28-2)10-8-16/h3-10H,11-14H2,1-2H3. The summed E-state index contributed by atoms with van der Waals surface area (Å²) in [6.45, 7) is 5.62. The third kappa shape index (κ3) is 2.70. The number of methoxy groups -OCH3 is 1. The van der Waals surface area contributed by atoms with Gasteiger partial charge >= 0.3 is 0 Å². The van der Waals surface area contributed by atoms with E-state index < -0.39 is 0 Å². The van der Waals surface area contributed by atoms with E-state index in [9.17, 15) is 0 Å². The van der Waals surface area contributed by atoms with Gasteiger partial charge in [0.25, 0.3) is 0 Å². The lowest BCUT2D eigenvalue weighted by atomic mass is 10.2. The lowest BCUT2D eigenvalue weighted by Gasteiger charge is -2.36. The molecular formula is C21H22N6O. The highest BCUT2D eigenvalue weighted by molar-refractivity contribution is 5.83. The summed E-state index contributed by atoms with van der Waals surface area (Å²) in [5.74, 6) is 2.67. The van der Waals surface area contributed by atoms with E-state index in [-0.39, 0.29) is 0 Å². The zero-order chi connectivity index (χ0) is 19.1. The van der Waals surface area contributed by atoms with E-state index in [0.29, 0.717) is 0 Å². The van der Waals surface area contributed by atoms with Gasteiger partial charge in [-0.2, -0.15) is 0 Å². The molecule has 7 heteroatoms. The summed E-state index contributed by atoms with van der Waals surface area (Å²) < 4.78 is 7.36. The Labute approximate surface area is 163 Å². The van der Waals surface area contributed by atoms with Gasteiger partial charge in [0, 0.05) is 31.9 Å². The molecule has 142 valence electrons. The van der Waals surface area contributed by atoms with Crippen molar-refractivity contribution in [2.75, 3.05) is 43.1 Å². The second-order valence-corrected chi connectivity index (χ2v) is 7.00. The smallest absolute Gasteiger partial charge is 0.204 e. The number of benzene rings is 2. The molecule has 28 heavy (non-hydrogen) atoms. The van der Waals surface area contributed by atoms with Gasteiger partial charge < -0.3 is 14.5 Å². The fourth-order valence-corrected chi connectivity index (χ4v) is 3.89. The Morgan fingerprint density at radius 2 is 1.57 bits per heavy atom. The monoisotopic (exact) mass is 374 g/mol. The van der Waals surface area contributed by atoms with E-state index >= 15 is 0 Å². The molecule has 0 spiro atoms. The van der Waals surface area contributed by atoms with Crippen LogP contribution in [0, 0.1) is 6.92 Å². The van der Waals surface area contributed by atoms with Crippen LogP contribution < -0.4 is 14.5 Å². The van der Waals surface area contributed by atoms with Crippen molar-refractivity contribution in [1.82, 2.24) is 19.6 Å². The predicted molar refractivity (Wildman–Crippen MR) is 110 cm³/mol. The molecule has 0 N–H and O–H groups in total. The maximum atomic E-state index is 5.26. The van der Waals surface area contributed by atoms with Crippen LogP contribution in [0.1, 0.15) is 5.82 Å². The molecule has 0 aliphatic carbocycles. The summed E-state index contributed by atoms with van der Waals surface area (Å²) in [4.78, 5) is 9.64. The number of para-hydroxylation sites is 2. The molecule has 0 amide bonds. The van der Waals surface area contributed by atoms with E-state index in [1.807, 2.05) is 37.3 Å². The highest BCUT2D eigenvalue weighted by atomic mass is 16.5. The van der Waals surface area contributed by atoms with Crippen LogP contribution in [0.4, 0.5) is 11.5 Å². The van der Waals surface area contributed by atoms with Gasteiger partial charge in [-0.05, 0) is 43.3 Å². The Balaban J connectivity index is 1.45. The van der Waals surface area contributed by atoms with Gasteiger partial charge in [-0.3, -0.25) is 4.40 Å². The van der Waals surface area contributed by atoms with E-state index in [2.05, 4.69) is 42.6 Å². The number of aromatic nitrogens is 4. The molecule has 1 aliphatic heterocycles. The first-order chi connectivity index (χ1) is 13.7. The molecule has 1 saturated heterocycles. The molecule has 3 heterocycles. The van der Waals surface area contributed by atoms with Gasteiger partial charge in [-0.25, -0.2) is 4.98 Å². The Bertz CT molecular complexity index is 1130. The van der Waals surface area contributed by atoms with Gasteiger partial charge in [0.1, 0.15) is 11.6 Å². The van der Waals surface area contributed by atoms with Crippen molar-refractivity contribution in [3.8, 4) is 5.75 Å². The zero-order valence-electron chi connectivity index (χ0n) is 16.0. The van der Waals surface area contributed by atoms with Crippen molar-refractivity contribution in [3.05, 3.63) is 54.4 Å². The van der Waals surface area contributed by atoms with Crippen molar-refractivity contribution in [3.63, 3.8) is 0 Å². The topological polar surface area (TPSA) is 58.8 Å². The molecule has 1 fully saturated rings. The predicted octanol–water partition coefficient (Wildman–Crippen LogP) is 2.92. The molecule has 0 bridgehead atoms. The lowest BCUT2D eigenvalue weighted by Crippen LogP contribution is -2.47. The third-order valence-electron chi connectivity index (χ3n) is 5.39. The number of nitrogens with zero attached hydrogens (tertiary/aromatic N) is 6. The minimum Gasteiger partial charge on any atom is -0.497 e. The summed E-state index contributed by atoms with van der Waals surface area (Å²) >= 11 is 0. The van der Waals surface area contributed by atoms with Crippen LogP contribution in [0.5, 0.6) is 5.75 Å². The van der Waals surface area contributed by atoms with E-state index in [4.69, 9.17) is 9.72 Å². The van der Waals surface area contributed by atoms with Crippen LogP contribution >= 0.6 is 0 Å². The maximum absolute atomic E-state index is 5.26. The highest BCUT2D eigenvalue weighted by Crippen LogP contribution is 2.27. The van der Waals surface area contributed by atoms with E-state index in [1.165, 1.54) is 5.69 Å². The largest absolute Gasteiger partial charge is 0.497 e. The first-order valence-electron chi connectivity index (χ1n) is 9.49. The number of ether oxygens (including phenoxy) is 1. The second kappa shape index (κ2) is 6.67. The molecule has 2 aromatic carbocycles. The average Bonchev–Trinajstić information content (AvgIpc) is 3.15. The molecule has 0 unspecified atom stereocenters. The molecule has 0 saturated carbocycles. The summed E-state index contributed by atoms with van der Waals surface area (Å²) in [5, 5.41) is 8.73. The van der Waals surface area contributed by atoms with Crippen molar-refractivity contribution < 1.29 is 4.74 Å². The molecule has 1 aliphatic rings. The molecule has 0 atom stereocenters. The number of piperazine rings is 1. The van der Waals surface area contributed by atoms with Crippen molar-refractivity contribution in [2.45, 2.75) is 6.92 Å². The molecule has 2 aromatic heterocycles. The van der Waals surface area contributed by atoms with Crippen LogP contribution in [0.3, 0.4) is 0 Å². The van der Waals surface area contributed by atoms with Crippen LogP contribution in [0.15, 0.2) is 48.5 Å². The summed E-state index contributed by atoms with van der Waals surface area (Å²) in [7, 11) is 1.69. The number of aryl methyl sites for hydroxylation is 1. The normalized spacial score (nSPS) is 14.8. The van der Waals surface area contributed by atoms with Gasteiger partial charge in [0.2, 0.25) is 5.65 Å². The Morgan fingerprint density at radius 1 is 0.857 bits per heavy atom. The van der Waals surface area contributed by atoms with Crippen molar-refractivity contribution in [1.29, 1.82) is 0 Å². The van der Waals surface area contributed by atoms with Gasteiger partial charge in [-0.1, -0.05) is 12.1 Å². The molecule has 7 nitrogen and oxygen atoms in total. The average molecular weight is 374 g/mol. The van der Waals surface area contributed by atoms with Crippen molar-refractivity contribution >= 4 is 28.2 Å². The Kier molecular flexibility index (Phi) is 4.00. The first-order valence-corrected chi connectivity index (χ1v) is 9.49. The maximum Gasteiger partial charge on any atom is 0.204 e. The van der Waals surface area contributed by atoms with Crippen molar-refractivity contribution in [2.24, 2.45) is 0 Å². The van der Waals surface area contributed by atoms with Crippen LogP contribution in [-0.4, -0.2) is 52.9 Å². The highest BCUT2D eigenvalue weighted by Gasteiger charge is 2.23. The third-order valence-corrected chi connectivity index (χ3v) is 5.39. The van der Waals surface area contributed by atoms with Crippen LogP contribution in [-0.2, 0) is 0 Å². The summed E-state index contributed by atoms with van der Waals surface area (Å²) in [6, 6.07) is 16.4.